The summed E-state index contributed by atoms with van der Waals surface area (Å²) in [5, 5.41) is 3.30. The van der Waals surface area contributed by atoms with Crippen LogP contribution in [0.2, 0.25) is 0 Å². The maximum Gasteiger partial charge on any atom is 0.295 e. The summed E-state index contributed by atoms with van der Waals surface area (Å²) in [6.07, 6.45) is 4.57. The summed E-state index contributed by atoms with van der Waals surface area (Å²) >= 11 is 0. The lowest BCUT2D eigenvalue weighted by molar-refractivity contribution is 0.0563. The summed E-state index contributed by atoms with van der Waals surface area (Å²) in [7, 11) is 0. The number of nitrogens with one attached hydrogen (secondary N) is 1. The minimum Gasteiger partial charge on any atom is -0.453 e. The highest BCUT2D eigenvalue weighted by Gasteiger charge is 2.42. The first kappa shape index (κ1) is 12.5. The Morgan fingerprint density at radius 1 is 0.905 bits per heavy atom. The zero-order chi connectivity index (χ0) is 14.1. The monoisotopic (exact) mass is 278 g/mol. The van der Waals surface area contributed by atoms with Crippen LogP contribution in [0.1, 0.15) is 31.2 Å². The molecule has 21 heavy (non-hydrogen) atoms. The minimum atomic E-state index is -0.185. The van der Waals surface area contributed by atoms with Gasteiger partial charge in [-0.1, -0.05) is 36.4 Å². The van der Waals surface area contributed by atoms with E-state index in [2.05, 4.69) is 28.5 Å². The molecule has 1 spiro atoms. The third-order valence-corrected chi connectivity index (χ3v) is 4.35. The lowest BCUT2D eigenvalue weighted by Crippen LogP contribution is -2.35. The highest BCUT2D eigenvalue weighted by atomic mass is 16.5. The predicted molar refractivity (Wildman–Crippen MR) is 84.8 cm³/mol. The summed E-state index contributed by atoms with van der Waals surface area (Å²) in [5.41, 5.74) is 3.09. The predicted octanol–water partition coefficient (Wildman–Crippen LogP) is 4.59. The standard InChI is InChI=1S/C18H18N2O/c1-2-8-14(9-3-1)19-17-20-16-11-5-4-10-15(16)18(21-17)12-6-7-13-18/h1-5,8-11H,6-7,12-13H2,(H,19,20). The van der Waals surface area contributed by atoms with E-state index in [0.717, 1.165) is 24.2 Å². The summed E-state index contributed by atoms with van der Waals surface area (Å²) in [5.74, 6) is 0. The highest BCUT2D eigenvalue weighted by molar-refractivity contribution is 5.92. The van der Waals surface area contributed by atoms with Gasteiger partial charge in [0.1, 0.15) is 5.60 Å². The minimum absolute atomic E-state index is 0.185. The molecular weight excluding hydrogens is 260 g/mol. The van der Waals surface area contributed by atoms with E-state index < -0.39 is 0 Å². The molecule has 2 aromatic rings. The second-order valence-corrected chi connectivity index (χ2v) is 5.73. The molecule has 1 N–H and O–H groups in total. The quantitative estimate of drug-likeness (QED) is 0.828. The fraction of sp³-hybridized carbons (Fsp3) is 0.278. The van der Waals surface area contributed by atoms with Crippen molar-refractivity contribution in [2.45, 2.75) is 31.3 Å². The molecule has 0 unspecified atom stereocenters. The van der Waals surface area contributed by atoms with Gasteiger partial charge in [-0.15, -0.1) is 0 Å². The number of hydrogen-bond acceptors (Lipinski definition) is 3. The fourth-order valence-electron chi connectivity index (χ4n) is 3.34. The molecule has 1 aliphatic carbocycles. The molecule has 3 heteroatoms. The summed E-state index contributed by atoms with van der Waals surface area (Å²) in [6.45, 7) is 0. The maximum atomic E-state index is 6.30. The van der Waals surface area contributed by atoms with Gasteiger partial charge in [-0.3, -0.25) is 0 Å². The number of benzene rings is 2. The molecular formula is C18H18N2O. The molecule has 2 aliphatic rings. The number of para-hydroxylation sites is 2. The molecule has 0 radical (unpaired) electrons. The fourth-order valence-corrected chi connectivity index (χ4v) is 3.34. The van der Waals surface area contributed by atoms with Crippen LogP contribution < -0.4 is 5.32 Å². The number of rotatable bonds is 1. The zero-order valence-corrected chi connectivity index (χ0v) is 11.9. The molecule has 0 saturated heterocycles. The van der Waals surface area contributed by atoms with E-state index in [1.807, 2.05) is 36.4 Å². The first-order chi connectivity index (χ1) is 10.4. The number of aliphatic imine (C=N–C) groups is 1. The molecule has 1 heterocycles. The van der Waals surface area contributed by atoms with Crippen molar-refractivity contribution in [3.8, 4) is 0 Å². The van der Waals surface area contributed by atoms with Crippen molar-refractivity contribution in [3.05, 3.63) is 60.2 Å². The van der Waals surface area contributed by atoms with Gasteiger partial charge in [0, 0.05) is 11.3 Å². The van der Waals surface area contributed by atoms with Gasteiger partial charge in [-0.25, -0.2) is 0 Å². The van der Waals surface area contributed by atoms with Gasteiger partial charge in [0.15, 0.2) is 0 Å². The van der Waals surface area contributed by atoms with Crippen LogP contribution >= 0.6 is 0 Å². The van der Waals surface area contributed by atoms with E-state index in [9.17, 15) is 0 Å². The summed E-state index contributed by atoms with van der Waals surface area (Å²) in [6, 6.07) is 19.0. The van der Waals surface area contributed by atoms with E-state index in [0.29, 0.717) is 6.02 Å². The van der Waals surface area contributed by atoms with Gasteiger partial charge in [0.05, 0.1) is 5.69 Å². The third kappa shape index (κ3) is 2.19. The lowest BCUT2D eigenvalue weighted by Gasteiger charge is -2.35. The third-order valence-electron chi connectivity index (χ3n) is 4.35. The normalized spacial score (nSPS) is 18.8. The van der Waals surface area contributed by atoms with Gasteiger partial charge >= 0.3 is 0 Å². The Labute approximate surface area is 124 Å². The Kier molecular flexibility index (Phi) is 2.92. The average Bonchev–Trinajstić information content (AvgIpc) is 2.97. The van der Waals surface area contributed by atoms with Gasteiger partial charge in [-0.05, 0) is 43.9 Å². The Balaban J connectivity index is 1.72. The number of nitrogens with zero attached hydrogens (tertiary/aromatic N) is 1. The molecule has 0 amide bonds. The van der Waals surface area contributed by atoms with Crippen molar-refractivity contribution in [2.75, 3.05) is 5.32 Å². The number of anilines is 1. The Morgan fingerprint density at radius 3 is 2.43 bits per heavy atom. The largest absolute Gasteiger partial charge is 0.453 e. The smallest absolute Gasteiger partial charge is 0.295 e. The number of hydrogen-bond donors (Lipinski definition) is 1. The van der Waals surface area contributed by atoms with Crippen molar-refractivity contribution in [1.82, 2.24) is 0 Å². The van der Waals surface area contributed by atoms with Crippen molar-refractivity contribution in [1.29, 1.82) is 0 Å². The Bertz CT molecular complexity index is 673. The van der Waals surface area contributed by atoms with E-state index in [1.165, 1.54) is 18.4 Å². The van der Waals surface area contributed by atoms with Crippen molar-refractivity contribution in [2.24, 2.45) is 4.99 Å². The van der Waals surface area contributed by atoms with Crippen LogP contribution in [0.25, 0.3) is 0 Å². The van der Waals surface area contributed by atoms with E-state index in [-0.39, 0.29) is 5.60 Å². The van der Waals surface area contributed by atoms with Gasteiger partial charge in [0.25, 0.3) is 6.02 Å². The molecule has 2 aromatic carbocycles. The van der Waals surface area contributed by atoms with Crippen molar-refractivity contribution >= 4 is 17.4 Å². The lowest BCUT2D eigenvalue weighted by atomic mass is 9.90. The molecule has 0 atom stereocenters. The molecule has 3 nitrogen and oxygen atoms in total. The SMILES string of the molecule is c1ccc(NC2=Nc3ccccc3C3(CCCC3)O2)cc1. The molecule has 1 aliphatic heterocycles. The zero-order valence-electron chi connectivity index (χ0n) is 11.9. The maximum absolute atomic E-state index is 6.30. The highest BCUT2D eigenvalue weighted by Crippen LogP contribution is 2.48. The molecule has 0 aromatic heterocycles. The van der Waals surface area contributed by atoms with Crippen molar-refractivity contribution < 1.29 is 4.74 Å². The van der Waals surface area contributed by atoms with Crippen LogP contribution in [0.5, 0.6) is 0 Å². The number of amidine groups is 1. The van der Waals surface area contributed by atoms with Crippen LogP contribution in [0.4, 0.5) is 11.4 Å². The van der Waals surface area contributed by atoms with Gasteiger partial charge < -0.3 is 10.1 Å². The summed E-state index contributed by atoms with van der Waals surface area (Å²) < 4.78 is 6.30. The van der Waals surface area contributed by atoms with Gasteiger partial charge in [-0.2, -0.15) is 4.99 Å². The Hall–Kier alpha value is -2.29. The van der Waals surface area contributed by atoms with Crippen LogP contribution in [0.15, 0.2) is 59.6 Å². The second-order valence-electron chi connectivity index (χ2n) is 5.73. The average molecular weight is 278 g/mol. The Morgan fingerprint density at radius 2 is 1.62 bits per heavy atom. The first-order valence-electron chi connectivity index (χ1n) is 7.55. The molecule has 4 rings (SSSR count). The first-order valence-corrected chi connectivity index (χ1v) is 7.55. The van der Waals surface area contributed by atoms with E-state index >= 15 is 0 Å². The molecule has 106 valence electrons. The van der Waals surface area contributed by atoms with E-state index in [4.69, 9.17) is 4.74 Å². The molecule has 0 bridgehead atoms. The van der Waals surface area contributed by atoms with E-state index in [1.54, 1.807) is 0 Å². The second kappa shape index (κ2) is 4.92. The summed E-state index contributed by atoms with van der Waals surface area (Å²) in [4.78, 5) is 4.64. The topological polar surface area (TPSA) is 33.6 Å². The van der Waals surface area contributed by atoms with Crippen LogP contribution in [-0.4, -0.2) is 6.02 Å². The van der Waals surface area contributed by atoms with Crippen LogP contribution in [-0.2, 0) is 10.3 Å². The van der Waals surface area contributed by atoms with Crippen LogP contribution in [0.3, 0.4) is 0 Å². The van der Waals surface area contributed by atoms with Crippen molar-refractivity contribution in [3.63, 3.8) is 0 Å². The number of ether oxygens (including phenoxy) is 1. The molecule has 1 saturated carbocycles. The van der Waals surface area contributed by atoms with Gasteiger partial charge in [0.2, 0.25) is 0 Å². The van der Waals surface area contributed by atoms with Crippen LogP contribution in [0, 0.1) is 0 Å². The molecule has 1 fully saturated rings. The number of fused-ring (bicyclic) bond motifs is 2.